The SMILES string of the molecule is C[C@@H](C(=O)N[C@@H](Cc1c[nH]c2ccccc12)C(=O)N[C@H](Cc1ccccc1)C(=O)N[C@@H](CCCCN)C(N)=O)N1CCN(NC(=O)[C@@H](N)Cc2cnc[nH]2)C1=O. The Kier molecular flexibility index (Phi) is 14.1. The highest BCUT2D eigenvalue weighted by Crippen LogP contribution is 2.20. The number of nitrogens with one attached hydrogen (secondary N) is 6. The minimum Gasteiger partial charge on any atom is -0.368 e. The number of aromatic nitrogens is 3. The van der Waals surface area contributed by atoms with Crippen LogP contribution >= 0.6 is 0 Å². The van der Waals surface area contributed by atoms with Crippen LogP contribution in [0.2, 0.25) is 0 Å². The Bertz CT molecular complexity index is 1970. The summed E-state index contributed by atoms with van der Waals surface area (Å²) < 4.78 is 0. The van der Waals surface area contributed by atoms with Crippen LogP contribution in [-0.4, -0.2) is 110 Å². The van der Waals surface area contributed by atoms with Gasteiger partial charge in [-0.1, -0.05) is 48.5 Å². The third-order valence-corrected chi connectivity index (χ3v) is 9.72. The molecule has 12 N–H and O–H groups in total. The number of hydrogen-bond donors (Lipinski definition) is 9. The summed E-state index contributed by atoms with van der Waals surface area (Å²) in [5, 5.41) is 10.2. The highest BCUT2D eigenvalue weighted by molar-refractivity contribution is 5.96. The van der Waals surface area contributed by atoms with Gasteiger partial charge in [0.25, 0.3) is 5.91 Å². The van der Waals surface area contributed by atoms with Crippen molar-refractivity contribution in [2.75, 3.05) is 19.6 Å². The van der Waals surface area contributed by atoms with Crippen LogP contribution in [0.4, 0.5) is 4.79 Å². The maximum atomic E-state index is 14.3. The smallest absolute Gasteiger partial charge is 0.339 e. The number of nitrogens with zero attached hydrogens (tertiary/aromatic N) is 3. The summed E-state index contributed by atoms with van der Waals surface area (Å²) in [6, 6.07) is 10.5. The number of benzene rings is 2. The number of urea groups is 1. The number of amides is 7. The van der Waals surface area contributed by atoms with Crippen LogP contribution < -0.4 is 38.6 Å². The van der Waals surface area contributed by atoms with Crippen LogP contribution in [0.25, 0.3) is 10.9 Å². The number of H-pyrrole nitrogens is 2. The van der Waals surface area contributed by atoms with Gasteiger partial charge in [-0.25, -0.2) is 14.8 Å². The molecule has 2 aromatic heterocycles. The summed E-state index contributed by atoms with van der Waals surface area (Å²) in [5.74, 6) is -3.24. The zero-order valence-corrected chi connectivity index (χ0v) is 31.2. The average Bonchev–Trinajstić information content (AvgIpc) is 3.94. The molecule has 1 saturated heterocycles. The molecule has 0 spiro atoms. The number of rotatable bonds is 20. The largest absolute Gasteiger partial charge is 0.368 e. The molecule has 298 valence electrons. The van der Waals surface area contributed by atoms with Gasteiger partial charge in [-0.15, -0.1) is 0 Å². The van der Waals surface area contributed by atoms with Crippen molar-refractivity contribution in [1.82, 2.24) is 46.2 Å². The molecule has 4 aromatic rings. The molecule has 18 nitrogen and oxygen atoms in total. The third-order valence-electron chi connectivity index (χ3n) is 9.72. The molecule has 7 amide bonds. The fourth-order valence-electron chi connectivity index (χ4n) is 6.50. The van der Waals surface area contributed by atoms with E-state index in [2.05, 4.69) is 36.3 Å². The number of unbranched alkanes of at least 4 members (excludes halogenated alkanes) is 1. The number of aromatic amines is 2. The standard InChI is InChI=1S/C38H50N12O6/c1-23(49-15-16-50(38(49)56)48-35(53)28(40)19-26-21-42-22-44-26)34(52)46-32(18-25-20-43-29-12-6-5-11-27(25)29)37(55)47-31(17-24-9-3-2-4-10-24)36(54)45-30(33(41)51)13-7-8-14-39/h2-6,9-12,20-23,28,30-32,43H,7-8,13-19,39-40H2,1H3,(H2,41,51)(H,42,44)(H,45,54)(H,46,52)(H,47,55)(H,48,53)/t23-,28-,30-,31+,32-/m0/s1. The first-order chi connectivity index (χ1) is 26.9. The first-order valence-corrected chi connectivity index (χ1v) is 18.6. The quantitative estimate of drug-likeness (QED) is 0.0522. The number of hydrogen-bond acceptors (Lipinski definition) is 9. The summed E-state index contributed by atoms with van der Waals surface area (Å²) in [4.78, 5) is 91.6. The molecule has 5 atom stereocenters. The minimum absolute atomic E-state index is 0.0291. The zero-order chi connectivity index (χ0) is 40.2. The normalized spacial score (nSPS) is 15.4. The number of imidazole rings is 1. The van der Waals surface area contributed by atoms with E-state index in [1.54, 1.807) is 36.7 Å². The van der Waals surface area contributed by atoms with Crippen molar-refractivity contribution < 1.29 is 28.8 Å². The van der Waals surface area contributed by atoms with Gasteiger partial charge < -0.3 is 48.0 Å². The lowest BCUT2D eigenvalue weighted by Crippen LogP contribution is -2.59. The molecule has 1 aliphatic rings. The van der Waals surface area contributed by atoms with E-state index < -0.39 is 65.8 Å². The fraction of sp³-hybridized carbons (Fsp3) is 0.395. The van der Waals surface area contributed by atoms with Crippen molar-refractivity contribution in [1.29, 1.82) is 0 Å². The van der Waals surface area contributed by atoms with E-state index in [4.69, 9.17) is 17.2 Å². The van der Waals surface area contributed by atoms with E-state index in [1.165, 1.54) is 18.2 Å². The van der Waals surface area contributed by atoms with E-state index in [0.29, 0.717) is 25.1 Å². The molecule has 3 heterocycles. The molecule has 56 heavy (non-hydrogen) atoms. The lowest BCUT2D eigenvalue weighted by Gasteiger charge is -2.28. The second kappa shape index (κ2) is 19.4. The first-order valence-electron chi connectivity index (χ1n) is 18.6. The topological polar surface area (TPSA) is 280 Å². The average molecular weight is 771 g/mol. The Morgan fingerprint density at radius 2 is 1.50 bits per heavy atom. The number of nitrogens with two attached hydrogens (primary N) is 3. The first kappa shape index (κ1) is 40.9. The molecular formula is C38H50N12O6. The van der Waals surface area contributed by atoms with Gasteiger partial charge in [0.15, 0.2) is 0 Å². The van der Waals surface area contributed by atoms with Gasteiger partial charge in [0.2, 0.25) is 23.6 Å². The predicted octanol–water partition coefficient (Wildman–Crippen LogP) is -0.528. The number of carbonyl (C=O) groups excluding carboxylic acids is 6. The maximum absolute atomic E-state index is 14.3. The van der Waals surface area contributed by atoms with Crippen molar-refractivity contribution >= 4 is 46.5 Å². The van der Waals surface area contributed by atoms with Gasteiger partial charge in [-0.05, 0) is 49.9 Å². The van der Waals surface area contributed by atoms with Gasteiger partial charge in [-0.3, -0.25) is 29.4 Å². The molecule has 0 unspecified atom stereocenters. The van der Waals surface area contributed by atoms with E-state index in [1.807, 2.05) is 30.3 Å². The molecule has 0 saturated carbocycles. The molecule has 2 aromatic carbocycles. The summed E-state index contributed by atoms with van der Waals surface area (Å²) in [6.45, 7) is 2.13. The van der Waals surface area contributed by atoms with Crippen LogP contribution in [0.15, 0.2) is 73.3 Å². The molecular weight excluding hydrogens is 720 g/mol. The van der Waals surface area contributed by atoms with E-state index in [0.717, 1.165) is 27.0 Å². The number of para-hydroxylation sites is 1. The van der Waals surface area contributed by atoms with Crippen LogP contribution in [0.5, 0.6) is 0 Å². The van der Waals surface area contributed by atoms with Gasteiger partial charge in [0, 0.05) is 54.8 Å². The van der Waals surface area contributed by atoms with Gasteiger partial charge in [0.1, 0.15) is 24.2 Å². The molecule has 5 rings (SSSR count). The third kappa shape index (κ3) is 10.7. The van der Waals surface area contributed by atoms with Crippen molar-refractivity contribution in [3.05, 3.63) is 90.1 Å². The van der Waals surface area contributed by atoms with Crippen LogP contribution in [0, 0.1) is 0 Å². The number of fused-ring (bicyclic) bond motifs is 1. The van der Waals surface area contributed by atoms with Crippen molar-refractivity contribution in [3.63, 3.8) is 0 Å². The fourth-order valence-corrected chi connectivity index (χ4v) is 6.50. The lowest BCUT2D eigenvalue weighted by atomic mass is 10.0. The van der Waals surface area contributed by atoms with Gasteiger partial charge >= 0.3 is 6.03 Å². The van der Waals surface area contributed by atoms with E-state index in [-0.39, 0.29) is 38.8 Å². The summed E-state index contributed by atoms with van der Waals surface area (Å²) >= 11 is 0. The minimum atomic E-state index is -1.21. The van der Waals surface area contributed by atoms with E-state index >= 15 is 0 Å². The van der Waals surface area contributed by atoms with Crippen molar-refractivity contribution in [2.45, 2.75) is 75.7 Å². The number of carbonyl (C=O) groups is 6. The monoisotopic (exact) mass is 770 g/mol. The second-order valence-corrected chi connectivity index (χ2v) is 13.8. The van der Waals surface area contributed by atoms with Gasteiger partial charge in [0.05, 0.1) is 18.9 Å². The molecule has 1 aliphatic heterocycles. The molecule has 1 fully saturated rings. The molecule has 18 heteroatoms. The molecule has 0 aliphatic carbocycles. The van der Waals surface area contributed by atoms with E-state index in [9.17, 15) is 28.8 Å². The second-order valence-electron chi connectivity index (χ2n) is 13.8. The molecule has 0 radical (unpaired) electrons. The zero-order valence-electron chi connectivity index (χ0n) is 31.2. The highest BCUT2D eigenvalue weighted by Gasteiger charge is 2.38. The molecule has 0 bridgehead atoms. The number of hydrazine groups is 1. The highest BCUT2D eigenvalue weighted by atomic mass is 16.2. The summed E-state index contributed by atoms with van der Waals surface area (Å²) in [7, 11) is 0. The summed E-state index contributed by atoms with van der Waals surface area (Å²) in [6.07, 6.45) is 6.50. The Balaban J connectivity index is 1.32. The summed E-state index contributed by atoms with van der Waals surface area (Å²) in [5.41, 5.74) is 22.7. The maximum Gasteiger partial charge on any atom is 0.339 e. The van der Waals surface area contributed by atoms with Crippen LogP contribution in [0.3, 0.4) is 0 Å². The number of primary amides is 1. The van der Waals surface area contributed by atoms with Gasteiger partial charge in [-0.2, -0.15) is 0 Å². The lowest BCUT2D eigenvalue weighted by molar-refractivity contribution is -0.134. The predicted molar refractivity (Wildman–Crippen MR) is 207 cm³/mol. The van der Waals surface area contributed by atoms with Crippen molar-refractivity contribution in [3.8, 4) is 0 Å². The van der Waals surface area contributed by atoms with Crippen LogP contribution in [0.1, 0.15) is 43.0 Å². The van der Waals surface area contributed by atoms with Crippen LogP contribution in [-0.2, 0) is 43.2 Å². The van der Waals surface area contributed by atoms with Crippen molar-refractivity contribution in [2.24, 2.45) is 17.2 Å². The Morgan fingerprint density at radius 3 is 2.20 bits per heavy atom. The Hall–Kier alpha value is -6.27. The Morgan fingerprint density at radius 1 is 0.821 bits per heavy atom. The Labute approximate surface area is 323 Å².